The Balaban J connectivity index is 1.77. The van der Waals surface area contributed by atoms with Gasteiger partial charge in [-0.2, -0.15) is 4.73 Å². The van der Waals surface area contributed by atoms with Gasteiger partial charge < -0.3 is 5.21 Å². The van der Waals surface area contributed by atoms with Gasteiger partial charge in [0.2, 0.25) is 0 Å². The van der Waals surface area contributed by atoms with Crippen molar-refractivity contribution in [2.24, 2.45) is 0 Å². The Morgan fingerprint density at radius 2 is 1.62 bits per heavy atom. The Hall–Kier alpha value is -2.44. The van der Waals surface area contributed by atoms with Crippen LogP contribution in [0.4, 0.5) is 4.39 Å². The minimum absolute atomic E-state index is 0.0354. The fourth-order valence-corrected chi connectivity index (χ4v) is 6.10. The third-order valence-corrected chi connectivity index (χ3v) is 8.17. The van der Waals surface area contributed by atoms with E-state index < -0.39 is 5.82 Å². The molecule has 1 saturated heterocycles. The van der Waals surface area contributed by atoms with Gasteiger partial charge in [0.25, 0.3) is 5.52 Å². The average molecular weight is 559 g/mol. The number of halogens is 4. The Bertz CT molecular complexity index is 1470. The summed E-state index contributed by atoms with van der Waals surface area (Å²) in [6.07, 6.45) is 3.30. The van der Waals surface area contributed by atoms with E-state index in [9.17, 15) is 9.60 Å². The summed E-state index contributed by atoms with van der Waals surface area (Å²) in [6, 6.07) is 13.2. The highest BCUT2D eigenvalue weighted by atomic mass is 35.5. The molecule has 0 amide bonds. The smallest absolute Gasteiger partial charge is 0.251 e. The summed E-state index contributed by atoms with van der Waals surface area (Å²) in [4.78, 5) is 7.01. The van der Waals surface area contributed by atoms with Crippen LogP contribution in [0.25, 0.3) is 33.3 Å². The van der Waals surface area contributed by atoms with Crippen molar-refractivity contribution in [2.45, 2.75) is 45.1 Å². The topological polar surface area (TPSA) is 43.1 Å². The van der Waals surface area contributed by atoms with Crippen LogP contribution in [0.3, 0.4) is 0 Å². The number of nitrogens with zero attached hydrogens (tertiary/aromatic N) is 3. The van der Waals surface area contributed by atoms with Gasteiger partial charge >= 0.3 is 0 Å². The van der Waals surface area contributed by atoms with Crippen molar-refractivity contribution < 1.29 is 9.12 Å². The van der Waals surface area contributed by atoms with Gasteiger partial charge in [-0.3, -0.25) is 4.90 Å². The van der Waals surface area contributed by atoms with E-state index >= 15 is 0 Å². The highest BCUT2D eigenvalue weighted by Crippen LogP contribution is 2.41. The van der Waals surface area contributed by atoms with E-state index in [0.717, 1.165) is 36.2 Å². The first-order valence-electron chi connectivity index (χ1n) is 12.3. The molecule has 3 heterocycles. The van der Waals surface area contributed by atoms with Crippen LogP contribution in [-0.4, -0.2) is 28.5 Å². The van der Waals surface area contributed by atoms with Crippen molar-refractivity contribution in [3.05, 3.63) is 86.5 Å². The van der Waals surface area contributed by atoms with Crippen molar-refractivity contribution >= 4 is 45.7 Å². The summed E-state index contributed by atoms with van der Waals surface area (Å²) < 4.78 is 14.9. The molecule has 192 valence electrons. The second-order valence-corrected chi connectivity index (χ2v) is 11.7. The Kier molecular flexibility index (Phi) is 7.10. The van der Waals surface area contributed by atoms with Crippen molar-refractivity contribution in [3.8, 4) is 22.4 Å². The van der Waals surface area contributed by atoms with E-state index in [1.54, 1.807) is 36.5 Å². The van der Waals surface area contributed by atoms with Gasteiger partial charge in [0.05, 0.1) is 20.5 Å². The van der Waals surface area contributed by atoms with E-state index in [1.807, 2.05) is 6.07 Å². The van der Waals surface area contributed by atoms with E-state index in [4.69, 9.17) is 34.8 Å². The maximum absolute atomic E-state index is 14.1. The molecule has 2 aromatic heterocycles. The van der Waals surface area contributed by atoms with Crippen LogP contribution in [0.1, 0.15) is 45.2 Å². The van der Waals surface area contributed by atoms with Gasteiger partial charge in [-0.15, -0.1) is 0 Å². The third kappa shape index (κ3) is 4.90. The number of hydrogen-bond acceptors (Lipinski definition) is 3. The van der Waals surface area contributed by atoms with E-state index in [2.05, 4.69) is 30.7 Å². The first-order valence-corrected chi connectivity index (χ1v) is 13.4. The fraction of sp³-hybridized carbons (Fsp3) is 0.310. The molecule has 8 heteroatoms. The lowest BCUT2D eigenvalue weighted by molar-refractivity contribution is -0.587. The molecule has 0 aliphatic carbocycles. The number of hydrogen-bond donors (Lipinski definition) is 0. The Morgan fingerprint density at radius 1 is 0.946 bits per heavy atom. The molecule has 5 rings (SSSR count). The normalized spacial score (nSPS) is 15.4. The first kappa shape index (κ1) is 26.2. The lowest BCUT2D eigenvalue weighted by atomic mass is 9.88. The monoisotopic (exact) mass is 557 g/mol. The number of pyridine rings is 2. The van der Waals surface area contributed by atoms with E-state index in [0.29, 0.717) is 43.5 Å². The van der Waals surface area contributed by atoms with Crippen LogP contribution in [0, 0.1) is 11.0 Å². The maximum atomic E-state index is 14.1. The fourth-order valence-electron chi connectivity index (χ4n) is 5.26. The average Bonchev–Trinajstić information content (AvgIpc) is 2.84. The van der Waals surface area contributed by atoms with Gasteiger partial charge in [-0.1, -0.05) is 40.9 Å². The molecule has 0 atom stereocenters. The quantitative estimate of drug-likeness (QED) is 0.188. The van der Waals surface area contributed by atoms with Gasteiger partial charge in [-0.25, -0.2) is 9.37 Å². The van der Waals surface area contributed by atoms with Crippen molar-refractivity contribution in [1.82, 2.24) is 9.88 Å². The molecular weight excluding hydrogens is 532 g/mol. The molecule has 1 fully saturated rings. The predicted molar refractivity (Wildman–Crippen MR) is 150 cm³/mol. The van der Waals surface area contributed by atoms with Crippen LogP contribution >= 0.6 is 34.8 Å². The van der Waals surface area contributed by atoms with Crippen molar-refractivity contribution in [3.63, 3.8) is 0 Å². The summed E-state index contributed by atoms with van der Waals surface area (Å²) in [7, 11) is 0. The highest BCUT2D eigenvalue weighted by molar-refractivity contribution is 6.39. The van der Waals surface area contributed by atoms with Gasteiger partial charge in [0.15, 0.2) is 5.69 Å². The summed E-state index contributed by atoms with van der Waals surface area (Å²) in [5.41, 5.74) is 3.34. The molecule has 0 saturated carbocycles. The first-order chi connectivity index (χ1) is 17.6. The molecule has 0 radical (unpaired) electrons. The van der Waals surface area contributed by atoms with Crippen LogP contribution in [0.5, 0.6) is 0 Å². The summed E-state index contributed by atoms with van der Waals surface area (Å²) in [5, 5.41) is 15.8. The van der Waals surface area contributed by atoms with Crippen LogP contribution in [0.15, 0.2) is 54.7 Å². The highest BCUT2D eigenvalue weighted by Gasteiger charge is 2.33. The standard InChI is InChI=1S/C29H27Cl3FN3O/c1-29(2,3)35-13-10-17(11-14-35)25-16-21(19-8-7-18(33)15-24(19)32)20-9-12-34-27(28(20)36(25)37)26-22(30)5-4-6-23(26)31/h4-9,12,15-17H,10-11,13-14H2,1-3H3. The lowest BCUT2D eigenvalue weighted by Crippen LogP contribution is -2.47. The molecule has 0 spiro atoms. The molecule has 4 aromatic rings. The largest absolute Gasteiger partial charge is 0.618 e. The number of piperidine rings is 1. The molecule has 4 nitrogen and oxygen atoms in total. The second-order valence-electron chi connectivity index (χ2n) is 10.5. The van der Waals surface area contributed by atoms with Gasteiger partial charge in [-0.05, 0) is 83.1 Å². The van der Waals surface area contributed by atoms with Crippen LogP contribution < -0.4 is 4.73 Å². The Labute approximate surface area is 231 Å². The lowest BCUT2D eigenvalue weighted by Gasteiger charge is -2.40. The minimum Gasteiger partial charge on any atom is -0.618 e. The van der Waals surface area contributed by atoms with Crippen LogP contribution in [0.2, 0.25) is 15.1 Å². The summed E-state index contributed by atoms with van der Waals surface area (Å²) in [6.45, 7) is 8.38. The zero-order valence-corrected chi connectivity index (χ0v) is 23.1. The van der Waals surface area contributed by atoms with Gasteiger partial charge in [0.1, 0.15) is 11.5 Å². The molecule has 2 aromatic carbocycles. The van der Waals surface area contributed by atoms with Crippen molar-refractivity contribution in [1.29, 1.82) is 0 Å². The van der Waals surface area contributed by atoms with E-state index in [-0.39, 0.29) is 16.5 Å². The third-order valence-electron chi connectivity index (χ3n) is 7.23. The van der Waals surface area contributed by atoms with Gasteiger partial charge in [0, 0.05) is 40.4 Å². The number of aromatic nitrogens is 2. The van der Waals surface area contributed by atoms with E-state index in [1.165, 1.54) is 12.1 Å². The molecular formula is C29H27Cl3FN3O. The Morgan fingerprint density at radius 3 is 2.24 bits per heavy atom. The zero-order chi connectivity index (χ0) is 26.5. The molecule has 37 heavy (non-hydrogen) atoms. The zero-order valence-electron chi connectivity index (χ0n) is 20.9. The number of likely N-dealkylation sites (tertiary alicyclic amines) is 1. The molecule has 0 bridgehead atoms. The second kappa shape index (κ2) is 10.0. The molecule has 0 N–H and O–H groups in total. The minimum atomic E-state index is -0.423. The summed E-state index contributed by atoms with van der Waals surface area (Å²) >= 11 is 19.6. The summed E-state index contributed by atoms with van der Waals surface area (Å²) in [5.74, 6) is -0.388. The van der Waals surface area contributed by atoms with Crippen LogP contribution in [-0.2, 0) is 0 Å². The SMILES string of the molecule is CC(C)(C)N1CCC(c2cc(-c3ccc(F)cc3Cl)c3ccnc(-c4c(Cl)cccc4Cl)c3[n+]2[O-])CC1. The maximum Gasteiger partial charge on any atom is 0.251 e. The molecule has 0 unspecified atom stereocenters. The number of fused-ring (bicyclic) bond motifs is 1. The van der Waals surface area contributed by atoms with Crippen molar-refractivity contribution in [2.75, 3.05) is 13.1 Å². The molecule has 1 aliphatic heterocycles. The molecule has 1 aliphatic rings. The number of rotatable bonds is 3. The number of benzene rings is 2. The predicted octanol–water partition coefficient (Wildman–Crippen LogP) is 8.28.